The summed E-state index contributed by atoms with van der Waals surface area (Å²) < 4.78 is 13.1. The number of nitrogens with zero attached hydrogens (tertiary/aromatic N) is 1. The van der Waals surface area contributed by atoms with Crippen LogP contribution in [-0.4, -0.2) is 23.9 Å². The van der Waals surface area contributed by atoms with Gasteiger partial charge in [-0.15, -0.1) is 0 Å². The number of hydrogen-bond donors (Lipinski definition) is 0. The van der Waals surface area contributed by atoms with Gasteiger partial charge >= 0.3 is 0 Å². The van der Waals surface area contributed by atoms with Crippen LogP contribution in [0.5, 0.6) is 0 Å². The second kappa shape index (κ2) is 11.3. The van der Waals surface area contributed by atoms with Gasteiger partial charge in [-0.2, -0.15) is 0 Å². The van der Waals surface area contributed by atoms with E-state index in [1.165, 1.54) is 29.7 Å². The predicted octanol–water partition coefficient (Wildman–Crippen LogP) is 6.78. The molecule has 0 bridgehead atoms. The highest BCUT2D eigenvalue weighted by atomic mass is 19.1. The molecule has 1 aliphatic carbocycles. The minimum Gasteiger partial charge on any atom is -0.342 e. The van der Waals surface area contributed by atoms with E-state index in [9.17, 15) is 9.18 Å². The molecule has 1 atom stereocenters. The fraction of sp³-hybridized carbons (Fsp3) is 0.519. The standard InChI is InChI=1S/C27H36FNO/c1-21-8-6-11-24-10-4-3-5-18-29(19-7-9-22(2)26(24)17-12-21)27(30)20-23-13-15-25(28)16-14-23/h11-17,22H,3-10,18-20H2,1-2H3/b21-12-,24-11-,26-17+. The predicted molar refractivity (Wildman–Crippen MR) is 123 cm³/mol. The van der Waals surface area contributed by atoms with Crippen molar-refractivity contribution in [3.8, 4) is 0 Å². The van der Waals surface area contributed by atoms with Gasteiger partial charge < -0.3 is 4.90 Å². The summed E-state index contributed by atoms with van der Waals surface area (Å²) >= 11 is 0. The Balaban J connectivity index is 1.66. The van der Waals surface area contributed by atoms with Crippen LogP contribution in [0.1, 0.15) is 70.8 Å². The molecule has 3 rings (SSSR count). The number of carbonyl (C=O) groups excluding carboxylic acids is 1. The molecule has 1 aromatic rings. The first kappa shape index (κ1) is 22.5. The number of amides is 1. The Bertz CT molecular complexity index is 803. The van der Waals surface area contributed by atoms with Gasteiger partial charge in [0.1, 0.15) is 5.82 Å². The third-order valence-corrected chi connectivity index (χ3v) is 6.44. The molecule has 0 spiro atoms. The highest BCUT2D eigenvalue weighted by molar-refractivity contribution is 5.78. The maximum absolute atomic E-state index is 13.1. The van der Waals surface area contributed by atoms with Crippen LogP contribution >= 0.6 is 0 Å². The van der Waals surface area contributed by atoms with Gasteiger partial charge in [-0.25, -0.2) is 4.39 Å². The van der Waals surface area contributed by atoms with Crippen molar-refractivity contribution in [3.05, 3.63) is 70.6 Å². The van der Waals surface area contributed by atoms with Crippen LogP contribution in [0.3, 0.4) is 0 Å². The molecule has 1 amide bonds. The van der Waals surface area contributed by atoms with Crippen molar-refractivity contribution in [1.29, 1.82) is 0 Å². The Morgan fingerprint density at radius 2 is 1.80 bits per heavy atom. The molecule has 0 saturated carbocycles. The lowest BCUT2D eigenvalue weighted by Crippen LogP contribution is -2.34. The maximum Gasteiger partial charge on any atom is 0.226 e. The topological polar surface area (TPSA) is 20.3 Å². The van der Waals surface area contributed by atoms with Crippen molar-refractivity contribution < 1.29 is 9.18 Å². The lowest BCUT2D eigenvalue weighted by molar-refractivity contribution is -0.130. The number of allylic oxidation sites excluding steroid dienone is 6. The van der Waals surface area contributed by atoms with Gasteiger partial charge in [0.25, 0.3) is 0 Å². The Hall–Kier alpha value is -2.16. The molecule has 0 radical (unpaired) electrons. The van der Waals surface area contributed by atoms with Gasteiger partial charge in [0, 0.05) is 13.1 Å². The average Bonchev–Trinajstić information content (AvgIpc) is 2.70. The Morgan fingerprint density at radius 3 is 2.60 bits per heavy atom. The number of rotatable bonds is 2. The fourth-order valence-corrected chi connectivity index (χ4v) is 4.53. The average molecular weight is 410 g/mol. The largest absolute Gasteiger partial charge is 0.342 e. The van der Waals surface area contributed by atoms with Crippen LogP contribution in [0.25, 0.3) is 0 Å². The van der Waals surface area contributed by atoms with Gasteiger partial charge in [-0.3, -0.25) is 4.79 Å². The lowest BCUT2D eigenvalue weighted by atomic mass is 9.85. The highest BCUT2D eigenvalue weighted by Gasteiger charge is 2.18. The number of benzene rings is 1. The summed E-state index contributed by atoms with van der Waals surface area (Å²) in [5.74, 6) is 0.413. The van der Waals surface area contributed by atoms with Crippen molar-refractivity contribution in [2.45, 2.75) is 71.6 Å². The summed E-state index contributed by atoms with van der Waals surface area (Å²) in [5.41, 5.74) is 5.39. The Labute approximate surface area is 181 Å². The molecule has 2 nitrogen and oxygen atoms in total. The summed E-state index contributed by atoms with van der Waals surface area (Å²) in [4.78, 5) is 14.9. The molecule has 1 aliphatic heterocycles. The molecule has 1 aromatic carbocycles. The van der Waals surface area contributed by atoms with Gasteiger partial charge in [0.05, 0.1) is 6.42 Å². The molecule has 1 saturated heterocycles. The van der Waals surface area contributed by atoms with Gasteiger partial charge in [0.15, 0.2) is 0 Å². The minimum absolute atomic E-state index is 0.163. The van der Waals surface area contributed by atoms with E-state index in [2.05, 4.69) is 32.1 Å². The van der Waals surface area contributed by atoms with Crippen molar-refractivity contribution >= 4 is 5.91 Å². The zero-order valence-electron chi connectivity index (χ0n) is 18.6. The molecule has 1 unspecified atom stereocenters. The van der Waals surface area contributed by atoms with Gasteiger partial charge in [0.2, 0.25) is 5.91 Å². The van der Waals surface area contributed by atoms with E-state index in [1.54, 1.807) is 17.7 Å². The minimum atomic E-state index is -0.256. The van der Waals surface area contributed by atoms with Crippen LogP contribution in [-0.2, 0) is 11.2 Å². The van der Waals surface area contributed by atoms with Crippen LogP contribution < -0.4 is 0 Å². The van der Waals surface area contributed by atoms with E-state index in [0.29, 0.717) is 12.3 Å². The SMILES string of the molecule is C/C1=C/C=C2/C(=C\CC1)CCCCCN(C(=O)Cc1ccc(F)cc1)CCCC2C. The Kier molecular flexibility index (Phi) is 8.48. The molecule has 1 fully saturated rings. The van der Waals surface area contributed by atoms with Crippen molar-refractivity contribution in [2.75, 3.05) is 13.1 Å². The first-order chi connectivity index (χ1) is 14.5. The molecule has 162 valence electrons. The summed E-state index contributed by atoms with van der Waals surface area (Å²) in [7, 11) is 0. The quantitative estimate of drug-likeness (QED) is 0.527. The second-order valence-electron chi connectivity index (χ2n) is 8.94. The first-order valence-electron chi connectivity index (χ1n) is 11.6. The number of hydrogen-bond acceptors (Lipinski definition) is 1. The zero-order chi connectivity index (χ0) is 21.3. The second-order valence-corrected chi connectivity index (χ2v) is 8.94. The fourth-order valence-electron chi connectivity index (χ4n) is 4.53. The lowest BCUT2D eigenvalue weighted by Gasteiger charge is -2.26. The molecular weight excluding hydrogens is 373 g/mol. The van der Waals surface area contributed by atoms with Crippen LogP contribution in [0, 0.1) is 11.7 Å². The maximum atomic E-state index is 13.1. The van der Waals surface area contributed by atoms with Crippen molar-refractivity contribution in [1.82, 2.24) is 4.90 Å². The molecule has 2 aliphatic rings. The van der Waals surface area contributed by atoms with Crippen LogP contribution in [0.15, 0.2) is 59.2 Å². The molecular formula is C27H36FNO. The molecule has 1 heterocycles. The monoisotopic (exact) mass is 409 g/mol. The molecule has 0 aromatic heterocycles. The summed E-state index contributed by atoms with van der Waals surface area (Å²) in [5, 5.41) is 0. The van der Waals surface area contributed by atoms with Crippen LogP contribution in [0.4, 0.5) is 4.39 Å². The zero-order valence-corrected chi connectivity index (χ0v) is 18.6. The van der Waals surface area contributed by atoms with E-state index in [0.717, 1.165) is 63.6 Å². The Morgan fingerprint density at radius 1 is 1.03 bits per heavy atom. The normalized spacial score (nSPS) is 26.8. The first-order valence-corrected chi connectivity index (χ1v) is 11.6. The summed E-state index contributed by atoms with van der Waals surface area (Å²) in [6, 6.07) is 6.31. The van der Waals surface area contributed by atoms with E-state index in [-0.39, 0.29) is 11.7 Å². The number of halogens is 1. The smallest absolute Gasteiger partial charge is 0.226 e. The molecule has 3 heteroatoms. The third-order valence-electron chi connectivity index (χ3n) is 6.44. The summed E-state index contributed by atoms with van der Waals surface area (Å²) in [6.07, 6.45) is 16.4. The van der Waals surface area contributed by atoms with E-state index < -0.39 is 0 Å². The summed E-state index contributed by atoms with van der Waals surface area (Å²) in [6.45, 7) is 6.20. The van der Waals surface area contributed by atoms with Gasteiger partial charge in [-0.05, 0) is 86.6 Å². The molecule has 30 heavy (non-hydrogen) atoms. The number of fused-ring (bicyclic) bond motifs is 1. The van der Waals surface area contributed by atoms with E-state index >= 15 is 0 Å². The third kappa shape index (κ3) is 6.68. The van der Waals surface area contributed by atoms with E-state index in [1.807, 2.05) is 4.90 Å². The van der Waals surface area contributed by atoms with E-state index in [4.69, 9.17) is 0 Å². The van der Waals surface area contributed by atoms with Crippen LogP contribution in [0.2, 0.25) is 0 Å². The number of carbonyl (C=O) groups is 1. The van der Waals surface area contributed by atoms with Crippen molar-refractivity contribution in [2.24, 2.45) is 5.92 Å². The van der Waals surface area contributed by atoms with Gasteiger partial charge in [-0.1, -0.05) is 49.3 Å². The van der Waals surface area contributed by atoms with Crippen molar-refractivity contribution in [3.63, 3.8) is 0 Å². The highest BCUT2D eigenvalue weighted by Crippen LogP contribution is 2.31. The molecule has 0 N–H and O–H groups in total.